The van der Waals surface area contributed by atoms with E-state index in [0.717, 1.165) is 16.8 Å². The Morgan fingerprint density at radius 3 is 2.61 bits per heavy atom. The summed E-state index contributed by atoms with van der Waals surface area (Å²) in [5.74, 6) is 2.85. The molecule has 0 spiro atoms. The lowest BCUT2D eigenvalue weighted by Crippen LogP contribution is -2.25. The Bertz CT molecular complexity index is 1320. The van der Waals surface area contributed by atoms with E-state index in [9.17, 15) is 4.79 Å². The topological polar surface area (TPSA) is 108 Å². The van der Waals surface area contributed by atoms with Crippen molar-refractivity contribution in [3.63, 3.8) is 0 Å². The molecule has 1 unspecified atom stereocenters. The molecule has 1 aliphatic rings. The zero-order valence-electron chi connectivity index (χ0n) is 17.6. The molecule has 0 radical (unpaired) electrons. The Kier molecular flexibility index (Phi) is 4.35. The van der Waals surface area contributed by atoms with E-state index in [-0.39, 0.29) is 11.8 Å². The van der Waals surface area contributed by atoms with Gasteiger partial charge in [0.1, 0.15) is 5.82 Å². The molecule has 0 saturated heterocycles. The van der Waals surface area contributed by atoms with E-state index in [2.05, 4.69) is 20.6 Å². The number of amides is 1. The second-order valence-electron chi connectivity index (χ2n) is 7.39. The maximum atomic E-state index is 12.7. The molecule has 3 aromatic heterocycles. The molecule has 31 heavy (non-hydrogen) atoms. The minimum Gasteiger partial charge on any atom is -0.493 e. The molecular weight excluding hydrogens is 398 g/mol. The van der Waals surface area contributed by atoms with Crippen molar-refractivity contribution >= 4 is 17.4 Å². The van der Waals surface area contributed by atoms with Crippen molar-refractivity contribution < 1.29 is 14.3 Å². The van der Waals surface area contributed by atoms with Crippen molar-refractivity contribution in [2.24, 2.45) is 0 Å². The first kappa shape index (κ1) is 19.0. The van der Waals surface area contributed by atoms with Gasteiger partial charge in [-0.2, -0.15) is 14.3 Å². The summed E-state index contributed by atoms with van der Waals surface area (Å²) >= 11 is 0. The van der Waals surface area contributed by atoms with Gasteiger partial charge in [0.25, 0.3) is 0 Å². The van der Waals surface area contributed by atoms with Crippen LogP contribution in [0.1, 0.15) is 35.0 Å². The van der Waals surface area contributed by atoms with Gasteiger partial charge in [-0.15, -0.1) is 15.3 Å². The van der Waals surface area contributed by atoms with Gasteiger partial charge in [0.2, 0.25) is 5.91 Å². The van der Waals surface area contributed by atoms with E-state index in [1.165, 1.54) is 0 Å². The minimum atomic E-state index is -0.169. The summed E-state index contributed by atoms with van der Waals surface area (Å²) in [5, 5.41) is 20.4. The fraction of sp³-hybridized carbons (Fsp3) is 0.286. The predicted molar refractivity (Wildman–Crippen MR) is 112 cm³/mol. The molecule has 1 amide bonds. The van der Waals surface area contributed by atoms with Crippen LogP contribution in [0.25, 0.3) is 11.5 Å². The highest BCUT2D eigenvalue weighted by Gasteiger charge is 2.33. The number of nitrogens with one attached hydrogen (secondary N) is 1. The number of aromatic nitrogens is 6. The molecule has 10 heteroatoms. The third-order valence-electron chi connectivity index (χ3n) is 5.53. The molecule has 158 valence electrons. The van der Waals surface area contributed by atoms with Crippen LogP contribution in [-0.4, -0.2) is 49.7 Å². The second-order valence-corrected chi connectivity index (χ2v) is 7.39. The zero-order chi connectivity index (χ0) is 21.7. The zero-order valence-corrected chi connectivity index (χ0v) is 17.6. The van der Waals surface area contributed by atoms with E-state index in [1.807, 2.05) is 44.2 Å². The summed E-state index contributed by atoms with van der Waals surface area (Å²) in [6, 6.07) is 9.35. The fourth-order valence-electron chi connectivity index (χ4n) is 4.07. The average Bonchev–Trinajstić information content (AvgIpc) is 3.32. The smallest absolute Gasteiger partial charge is 0.226 e. The van der Waals surface area contributed by atoms with Gasteiger partial charge in [-0.05, 0) is 43.7 Å². The number of carbonyl (C=O) groups excluding carboxylic acids is 1. The fourth-order valence-corrected chi connectivity index (χ4v) is 4.07. The number of carbonyl (C=O) groups is 1. The first-order valence-electron chi connectivity index (χ1n) is 9.81. The summed E-state index contributed by atoms with van der Waals surface area (Å²) in [6.45, 7) is 3.76. The lowest BCUT2D eigenvalue weighted by molar-refractivity contribution is -0.116. The van der Waals surface area contributed by atoms with Crippen LogP contribution in [-0.2, 0) is 4.79 Å². The molecule has 0 fully saturated rings. The Morgan fingerprint density at radius 2 is 1.84 bits per heavy atom. The number of hydrogen-bond donors (Lipinski definition) is 1. The third kappa shape index (κ3) is 2.98. The Hall–Kier alpha value is -3.95. The van der Waals surface area contributed by atoms with Crippen LogP contribution < -0.4 is 14.8 Å². The third-order valence-corrected chi connectivity index (χ3v) is 5.53. The van der Waals surface area contributed by atoms with Gasteiger partial charge in [-0.25, -0.2) is 0 Å². The van der Waals surface area contributed by atoms with Crippen LogP contribution in [0.15, 0.2) is 30.3 Å². The van der Waals surface area contributed by atoms with E-state index in [4.69, 9.17) is 14.6 Å². The van der Waals surface area contributed by atoms with Crippen LogP contribution in [0.5, 0.6) is 11.5 Å². The van der Waals surface area contributed by atoms with Crippen molar-refractivity contribution in [1.82, 2.24) is 29.6 Å². The van der Waals surface area contributed by atoms with Crippen molar-refractivity contribution in [2.75, 3.05) is 19.5 Å². The maximum absolute atomic E-state index is 12.7. The number of anilines is 1. The number of hydrogen-bond acceptors (Lipinski definition) is 7. The van der Waals surface area contributed by atoms with E-state index < -0.39 is 0 Å². The summed E-state index contributed by atoms with van der Waals surface area (Å²) in [6.07, 6.45) is 0.312. The number of aryl methyl sites for hydroxylation is 2. The predicted octanol–water partition coefficient (Wildman–Crippen LogP) is 2.42. The normalized spacial score (nSPS) is 15.6. The first-order valence-corrected chi connectivity index (χ1v) is 9.81. The Morgan fingerprint density at radius 1 is 1.03 bits per heavy atom. The summed E-state index contributed by atoms with van der Waals surface area (Å²) in [7, 11) is 3.19. The van der Waals surface area contributed by atoms with Crippen LogP contribution in [0, 0.1) is 13.8 Å². The summed E-state index contributed by atoms with van der Waals surface area (Å²) < 4.78 is 14.1. The first-order chi connectivity index (χ1) is 15.0. The van der Waals surface area contributed by atoms with Gasteiger partial charge in [-0.3, -0.25) is 4.79 Å². The molecule has 5 rings (SSSR count). The number of rotatable bonds is 4. The average molecular weight is 419 g/mol. The van der Waals surface area contributed by atoms with Gasteiger partial charge >= 0.3 is 0 Å². The summed E-state index contributed by atoms with van der Waals surface area (Å²) in [5.41, 5.74) is 3.37. The van der Waals surface area contributed by atoms with Gasteiger partial charge in [-0.1, -0.05) is 6.07 Å². The molecule has 0 saturated carbocycles. The molecule has 1 aliphatic heterocycles. The second kappa shape index (κ2) is 7.08. The molecule has 0 bridgehead atoms. The number of ether oxygens (including phenoxy) is 2. The molecular formula is C21H21N7O3. The summed E-state index contributed by atoms with van der Waals surface area (Å²) in [4.78, 5) is 12.7. The standard InChI is InChI=1S/C21H21N7O3/c1-11-20-14(13-5-6-15(30-3)16(9-13)31-4)10-19(29)22-21(20)28(25-11)18-8-7-17-24-23-12(2)27(17)26-18/h5-9,14H,10H2,1-4H3,(H,22,29). The maximum Gasteiger partial charge on any atom is 0.226 e. The number of benzene rings is 1. The van der Waals surface area contributed by atoms with Crippen LogP contribution >= 0.6 is 0 Å². The molecule has 1 N–H and O–H groups in total. The van der Waals surface area contributed by atoms with Gasteiger partial charge in [0, 0.05) is 17.9 Å². The molecule has 4 aromatic rings. The Labute approximate surface area is 177 Å². The van der Waals surface area contributed by atoms with Crippen LogP contribution in [0.3, 0.4) is 0 Å². The quantitative estimate of drug-likeness (QED) is 0.541. The van der Waals surface area contributed by atoms with Gasteiger partial charge < -0.3 is 14.8 Å². The van der Waals surface area contributed by atoms with E-state index in [0.29, 0.717) is 41.0 Å². The lowest BCUT2D eigenvalue weighted by Gasteiger charge is -2.25. The Balaban J connectivity index is 1.65. The van der Waals surface area contributed by atoms with Crippen molar-refractivity contribution in [1.29, 1.82) is 0 Å². The molecule has 0 aliphatic carbocycles. The van der Waals surface area contributed by atoms with Crippen LogP contribution in [0.4, 0.5) is 5.82 Å². The van der Waals surface area contributed by atoms with E-state index >= 15 is 0 Å². The van der Waals surface area contributed by atoms with Gasteiger partial charge in [0.05, 0.1) is 19.9 Å². The monoisotopic (exact) mass is 419 g/mol. The van der Waals surface area contributed by atoms with Crippen molar-refractivity contribution in [3.8, 4) is 17.3 Å². The number of methoxy groups -OCH3 is 2. The SMILES string of the molecule is COc1ccc(C2CC(=O)Nc3c2c(C)nn3-c2ccc3nnc(C)n3n2)cc1OC. The lowest BCUT2D eigenvalue weighted by atomic mass is 9.85. The van der Waals surface area contributed by atoms with Crippen molar-refractivity contribution in [2.45, 2.75) is 26.2 Å². The highest BCUT2D eigenvalue weighted by molar-refractivity contribution is 5.95. The number of fused-ring (bicyclic) bond motifs is 2. The molecule has 1 aromatic carbocycles. The highest BCUT2D eigenvalue weighted by atomic mass is 16.5. The molecule has 10 nitrogen and oxygen atoms in total. The van der Waals surface area contributed by atoms with Crippen LogP contribution in [0.2, 0.25) is 0 Å². The number of nitrogens with zero attached hydrogens (tertiary/aromatic N) is 6. The highest BCUT2D eigenvalue weighted by Crippen LogP contribution is 2.42. The van der Waals surface area contributed by atoms with E-state index in [1.54, 1.807) is 23.4 Å². The molecule has 1 atom stereocenters. The largest absolute Gasteiger partial charge is 0.493 e. The van der Waals surface area contributed by atoms with Crippen molar-refractivity contribution in [3.05, 3.63) is 53.0 Å². The van der Waals surface area contributed by atoms with Gasteiger partial charge in [0.15, 0.2) is 28.8 Å². The molecule has 4 heterocycles. The minimum absolute atomic E-state index is 0.0880.